The lowest BCUT2D eigenvalue weighted by atomic mass is 9.81. The zero-order chi connectivity index (χ0) is 24.0. The fraction of sp³-hybridized carbons (Fsp3) is 0.560. The third-order valence-electron chi connectivity index (χ3n) is 7.50. The van der Waals surface area contributed by atoms with Crippen LogP contribution in [0.5, 0.6) is 0 Å². The van der Waals surface area contributed by atoms with Crippen LogP contribution >= 0.6 is 0 Å². The lowest BCUT2D eigenvalue weighted by Gasteiger charge is -2.41. The van der Waals surface area contributed by atoms with Crippen molar-refractivity contribution in [1.29, 1.82) is 0 Å². The summed E-state index contributed by atoms with van der Waals surface area (Å²) in [6.45, 7) is 2.64. The van der Waals surface area contributed by atoms with Gasteiger partial charge in [0.05, 0.1) is 24.2 Å². The number of morpholine rings is 1. The van der Waals surface area contributed by atoms with Gasteiger partial charge in [-0.1, -0.05) is 0 Å². The van der Waals surface area contributed by atoms with E-state index in [2.05, 4.69) is 15.5 Å². The molecular weight excluding hydrogens is 466 g/mol. The van der Waals surface area contributed by atoms with Crippen molar-refractivity contribution < 1.29 is 17.9 Å². The van der Waals surface area contributed by atoms with E-state index in [1.54, 1.807) is 0 Å². The summed E-state index contributed by atoms with van der Waals surface area (Å²) in [5, 5.41) is 5.53. The van der Waals surface area contributed by atoms with Crippen molar-refractivity contribution in [2.75, 3.05) is 36.5 Å². The number of benzene rings is 1. The van der Waals surface area contributed by atoms with E-state index >= 15 is 0 Å². The number of sulfone groups is 1. The number of rotatable bonds is 7. The minimum Gasteiger partial charge on any atom is -0.378 e. The highest BCUT2D eigenvalue weighted by Gasteiger charge is 2.57. The number of ether oxygens (including phenoxy) is 1. The van der Waals surface area contributed by atoms with Crippen LogP contribution in [0.4, 0.5) is 16.3 Å². The molecule has 2 N–H and O–H groups in total. The topological polar surface area (TPSA) is 114 Å². The van der Waals surface area contributed by atoms with E-state index < -0.39 is 14.6 Å². The molecule has 0 radical (unpaired) electrons. The van der Waals surface area contributed by atoms with Crippen LogP contribution in [0.1, 0.15) is 50.6 Å². The van der Waals surface area contributed by atoms with Gasteiger partial charge >= 0.3 is 6.03 Å². The summed E-state index contributed by atoms with van der Waals surface area (Å²) in [7, 11) is -3.30. The maximum absolute atomic E-state index is 13.5. The minimum atomic E-state index is -3.30. The maximum Gasteiger partial charge on any atom is 0.319 e. The Morgan fingerprint density at radius 3 is 2.34 bits per heavy atom. The molecule has 0 atom stereocenters. The Morgan fingerprint density at radius 1 is 1.03 bits per heavy atom. The molecule has 4 fully saturated rings. The Bertz CT molecular complexity index is 1210. The van der Waals surface area contributed by atoms with Gasteiger partial charge in [0.25, 0.3) is 0 Å². The Kier molecular flexibility index (Phi) is 5.68. The predicted molar refractivity (Wildman–Crippen MR) is 133 cm³/mol. The number of nitrogens with one attached hydrogen (secondary N) is 2. The molecule has 0 bridgehead atoms. The first-order valence-corrected chi connectivity index (χ1v) is 14.1. The molecule has 0 spiro atoms. The molecule has 1 aromatic carbocycles. The second-order valence-corrected chi connectivity index (χ2v) is 12.6. The van der Waals surface area contributed by atoms with Gasteiger partial charge in [-0.3, -0.25) is 0 Å². The van der Waals surface area contributed by atoms with E-state index in [-0.39, 0.29) is 17.3 Å². The number of aromatic nitrogens is 2. The number of nitrogens with zero attached hydrogens (tertiary/aromatic N) is 3. The van der Waals surface area contributed by atoms with Crippen molar-refractivity contribution >= 4 is 27.4 Å². The smallest absolute Gasteiger partial charge is 0.319 e. The lowest BCUT2D eigenvalue weighted by Crippen LogP contribution is -2.45. The van der Waals surface area contributed by atoms with Gasteiger partial charge in [0.15, 0.2) is 15.7 Å². The van der Waals surface area contributed by atoms with Crippen molar-refractivity contribution in [2.24, 2.45) is 0 Å². The van der Waals surface area contributed by atoms with Crippen molar-refractivity contribution in [3.63, 3.8) is 0 Å². The number of amides is 2. The minimum absolute atomic E-state index is 0.203. The predicted octanol–water partition coefficient (Wildman–Crippen LogP) is 3.22. The Hall–Kier alpha value is -2.72. The van der Waals surface area contributed by atoms with Crippen molar-refractivity contribution in [2.45, 2.75) is 61.0 Å². The molecule has 0 unspecified atom stereocenters. The second-order valence-electron chi connectivity index (χ2n) is 10.1. The highest BCUT2D eigenvalue weighted by atomic mass is 32.2. The highest BCUT2D eigenvalue weighted by Crippen LogP contribution is 2.53. The number of hydrogen-bond acceptors (Lipinski definition) is 7. The van der Waals surface area contributed by atoms with Crippen LogP contribution in [-0.2, 0) is 19.3 Å². The molecule has 10 heteroatoms. The first-order chi connectivity index (χ1) is 16.9. The number of urea groups is 1. The molecule has 1 aromatic heterocycles. The maximum atomic E-state index is 13.5. The molecule has 3 saturated carbocycles. The van der Waals surface area contributed by atoms with Gasteiger partial charge < -0.3 is 20.3 Å². The van der Waals surface area contributed by atoms with Gasteiger partial charge in [0.1, 0.15) is 10.6 Å². The summed E-state index contributed by atoms with van der Waals surface area (Å²) in [4.78, 5) is 23.9. The Balaban J connectivity index is 1.34. The molecule has 2 amide bonds. The molecule has 4 aliphatic rings. The average molecular weight is 498 g/mol. The van der Waals surface area contributed by atoms with E-state index in [1.165, 1.54) is 0 Å². The summed E-state index contributed by atoms with van der Waals surface area (Å²) in [5.41, 5.74) is 2.09. The third kappa shape index (κ3) is 4.38. The van der Waals surface area contributed by atoms with Crippen LogP contribution in [0.3, 0.4) is 0 Å². The van der Waals surface area contributed by atoms with Gasteiger partial charge in [0, 0.05) is 36.4 Å². The number of carbonyl (C=O) groups is 1. The number of anilines is 2. The van der Waals surface area contributed by atoms with Crippen LogP contribution in [0.25, 0.3) is 11.4 Å². The fourth-order valence-corrected chi connectivity index (χ4v) is 7.56. The van der Waals surface area contributed by atoms with E-state index in [0.717, 1.165) is 43.5 Å². The van der Waals surface area contributed by atoms with E-state index in [4.69, 9.17) is 14.7 Å². The molecule has 1 saturated heterocycles. The van der Waals surface area contributed by atoms with Gasteiger partial charge in [-0.05, 0) is 69.2 Å². The first kappa shape index (κ1) is 22.7. The standard InChI is InChI=1S/C25H31N5O4S/c31-24(27-19-6-7-19)26-18-4-2-17(3-5-18)23-28-21(16-22(29-23)30-12-14-34-15-13-30)25(10-1-11-25)35(32,33)20-8-9-20/h2-5,16,19-20H,1,6-15H2,(H2,26,27,31). The molecule has 186 valence electrons. The molecular formula is C25H31N5O4S. The van der Waals surface area contributed by atoms with Crippen LogP contribution in [0.15, 0.2) is 30.3 Å². The second kappa shape index (κ2) is 8.74. The monoisotopic (exact) mass is 497 g/mol. The first-order valence-electron chi connectivity index (χ1n) is 12.6. The highest BCUT2D eigenvalue weighted by molar-refractivity contribution is 7.93. The number of hydrogen-bond donors (Lipinski definition) is 2. The summed E-state index contributed by atoms with van der Waals surface area (Å²) >= 11 is 0. The van der Waals surface area contributed by atoms with E-state index in [9.17, 15) is 13.2 Å². The average Bonchev–Trinajstić information content (AvgIpc) is 3.73. The molecule has 2 aromatic rings. The van der Waals surface area contributed by atoms with Gasteiger partial charge in [-0.2, -0.15) is 0 Å². The molecule has 2 heterocycles. The van der Waals surface area contributed by atoms with Crippen LogP contribution in [-0.4, -0.2) is 62.0 Å². The van der Waals surface area contributed by atoms with Crippen LogP contribution in [0, 0.1) is 0 Å². The lowest BCUT2D eigenvalue weighted by molar-refractivity contribution is 0.122. The molecule has 35 heavy (non-hydrogen) atoms. The molecule has 9 nitrogen and oxygen atoms in total. The number of carbonyl (C=O) groups excluding carboxylic acids is 1. The summed E-state index contributed by atoms with van der Waals surface area (Å²) in [6, 6.07) is 9.38. The van der Waals surface area contributed by atoms with Gasteiger partial charge in [-0.25, -0.2) is 23.2 Å². The normalized spacial score (nSPS) is 21.8. The summed E-state index contributed by atoms with van der Waals surface area (Å²) < 4.78 is 31.6. The van der Waals surface area contributed by atoms with Crippen LogP contribution < -0.4 is 15.5 Å². The van der Waals surface area contributed by atoms with Crippen LogP contribution in [0.2, 0.25) is 0 Å². The Morgan fingerprint density at radius 2 is 1.74 bits per heavy atom. The van der Waals surface area contributed by atoms with E-state index in [1.807, 2.05) is 30.3 Å². The van der Waals surface area contributed by atoms with Gasteiger partial charge in [0.2, 0.25) is 0 Å². The fourth-order valence-electron chi connectivity index (χ4n) is 4.92. The van der Waals surface area contributed by atoms with Crippen molar-refractivity contribution in [1.82, 2.24) is 15.3 Å². The Labute approximate surface area is 205 Å². The quantitative estimate of drug-likeness (QED) is 0.604. The zero-order valence-electron chi connectivity index (χ0n) is 19.7. The SMILES string of the molecule is O=C(Nc1ccc(-c2nc(N3CCOCC3)cc(C3(S(=O)(=O)C4CC4)CCC3)n2)cc1)NC1CC1. The van der Waals surface area contributed by atoms with Crippen molar-refractivity contribution in [3.8, 4) is 11.4 Å². The van der Waals surface area contributed by atoms with Crippen molar-refractivity contribution in [3.05, 3.63) is 36.0 Å². The molecule has 3 aliphatic carbocycles. The summed E-state index contributed by atoms with van der Waals surface area (Å²) in [6.07, 6.45) is 5.68. The molecule has 6 rings (SSSR count). The van der Waals surface area contributed by atoms with Gasteiger partial charge in [-0.15, -0.1) is 0 Å². The summed E-state index contributed by atoms with van der Waals surface area (Å²) in [5.74, 6) is 1.26. The third-order valence-corrected chi connectivity index (χ3v) is 10.6. The zero-order valence-corrected chi connectivity index (χ0v) is 20.5. The van der Waals surface area contributed by atoms with E-state index in [0.29, 0.717) is 56.4 Å². The largest absolute Gasteiger partial charge is 0.378 e. The molecule has 1 aliphatic heterocycles.